The molecule has 0 unspecified atom stereocenters. The van der Waals surface area contributed by atoms with Crippen LogP contribution in [0.5, 0.6) is 0 Å². The average molecular weight is 365 g/mol. The summed E-state index contributed by atoms with van der Waals surface area (Å²) in [5.74, 6) is 0. The van der Waals surface area contributed by atoms with Gasteiger partial charge in [0, 0.05) is 0 Å². The molecule has 0 bridgehead atoms. The van der Waals surface area contributed by atoms with Gasteiger partial charge in [0.25, 0.3) is 0 Å². The Morgan fingerprint density at radius 3 is 1.30 bits per heavy atom. The van der Waals surface area contributed by atoms with Crippen LogP contribution in [0.2, 0.25) is 0 Å². The van der Waals surface area contributed by atoms with Gasteiger partial charge in [0.2, 0.25) is 0 Å². The zero-order chi connectivity index (χ0) is 18.7. The topological polar surface area (TPSA) is 0 Å². The summed E-state index contributed by atoms with van der Waals surface area (Å²) in [6.45, 7) is 4.45. The van der Waals surface area contributed by atoms with E-state index in [1.165, 1.54) is 31.9 Å². The summed E-state index contributed by atoms with van der Waals surface area (Å²) in [7, 11) is -2.38. The second-order valence-corrected chi connectivity index (χ2v) is 10.9. The number of hydrogen-bond donors (Lipinski definition) is 0. The summed E-state index contributed by atoms with van der Waals surface area (Å²) in [6.07, 6.45) is 0. The first-order valence-electron chi connectivity index (χ1n) is 9.47. The molecule has 4 rings (SSSR count). The van der Waals surface area contributed by atoms with Gasteiger partial charge in [-0.15, -0.1) is 0 Å². The van der Waals surface area contributed by atoms with Crippen LogP contribution in [0.15, 0.2) is 109 Å². The Labute approximate surface area is 163 Å². The zero-order valence-electron chi connectivity index (χ0n) is 15.9. The average Bonchev–Trinajstić information content (AvgIpc) is 2.73. The first kappa shape index (κ1) is 17.5. The molecule has 0 saturated carbocycles. The van der Waals surface area contributed by atoms with Gasteiger partial charge in [-0.05, 0) is 34.6 Å². The van der Waals surface area contributed by atoms with Crippen LogP contribution >= 0.6 is 0 Å². The van der Waals surface area contributed by atoms with Gasteiger partial charge >= 0.3 is 0 Å². The quantitative estimate of drug-likeness (QED) is 0.383. The lowest BCUT2D eigenvalue weighted by molar-refractivity contribution is 1.42. The van der Waals surface area contributed by atoms with Crippen LogP contribution in [0.3, 0.4) is 0 Å². The third-order valence-corrected chi connectivity index (χ3v) is 10.4. The Hall–Kier alpha value is -2.90. The van der Waals surface area contributed by atoms with E-state index in [0.29, 0.717) is 0 Å². The van der Waals surface area contributed by atoms with Crippen molar-refractivity contribution in [2.45, 2.75) is 13.8 Å². The molecule has 0 heterocycles. The summed E-state index contributed by atoms with van der Waals surface area (Å²) < 4.78 is 0. The molecule has 0 N–H and O–H groups in total. The Kier molecular flexibility index (Phi) is 4.78. The molecule has 4 aromatic carbocycles. The van der Waals surface area contributed by atoms with Crippen LogP contribution in [-0.2, 0) is 0 Å². The predicted octanol–water partition coefficient (Wildman–Crippen LogP) is 3.68. The third-order valence-electron chi connectivity index (χ3n) is 5.42. The van der Waals surface area contributed by atoms with Crippen LogP contribution in [0.4, 0.5) is 0 Å². The summed E-state index contributed by atoms with van der Waals surface area (Å²) in [5.41, 5.74) is 2.68. The lowest BCUT2D eigenvalue weighted by Gasteiger charge is -2.35. The first-order valence-corrected chi connectivity index (χ1v) is 11.5. The minimum atomic E-state index is -2.38. The van der Waals surface area contributed by atoms with E-state index >= 15 is 0 Å². The highest BCUT2D eigenvalue weighted by molar-refractivity contribution is 7.20. The predicted molar refractivity (Wildman–Crippen MR) is 120 cm³/mol. The van der Waals surface area contributed by atoms with Crippen LogP contribution < -0.4 is 20.7 Å². The van der Waals surface area contributed by atoms with Crippen molar-refractivity contribution in [2.24, 2.45) is 0 Å². The Balaban J connectivity index is 2.18. The molecule has 0 aliphatic rings. The van der Waals surface area contributed by atoms with Crippen LogP contribution in [0.1, 0.15) is 11.1 Å². The Bertz CT molecular complexity index is 925. The van der Waals surface area contributed by atoms with E-state index in [1.807, 2.05) is 0 Å². The largest absolute Gasteiger partial charge is 0.179 e. The molecule has 0 aliphatic carbocycles. The van der Waals surface area contributed by atoms with Crippen molar-refractivity contribution in [2.75, 3.05) is 0 Å². The molecular weight excluding hydrogens is 340 g/mol. The van der Waals surface area contributed by atoms with Crippen LogP contribution in [0.25, 0.3) is 0 Å². The molecule has 0 radical (unpaired) electrons. The number of hydrogen-bond acceptors (Lipinski definition) is 0. The molecule has 4 aromatic rings. The first-order chi connectivity index (χ1) is 13.2. The Morgan fingerprint density at radius 1 is 0.481 bits per heavy atom. The standard InChI is InChI=1S/C26H24Si/c1-21-18-19-22(2)26(20-21)27(23-12-6-3-7-13-23,24-14-8-4-9-15-24)25-16-10-5-11-17-25/h3-20H,1-2H3. The molecule has 0 amide bonds. The molecule has 0 fully saturated rings. The van der Waals surface area contributed by atoms with Gasteiger partial charge in [-0.1, -0.05) is 120 Å². The highest BCUT2D eigenvalue weighted by Crippen LogP contribution is 2.13. The highest BCUT2D eigenvalue weighted by Gasteiger charge is 2.42. The molecular formula is C26H24Si. The van der Waals surface area contributed by atoms with E-state index in [2.05, 4.69) is 123 Å². The highest BCUT2D eigenvalue weighted by atomic mass is 28.3. The fraction of sp³-hybridized carbons (Fsp3) is 0.0769. The molecule has 0 aliphatic heterocycles. The van der Waals surface area contributed by atoms with Crippen molar-refractivity contribution >= 4 is 28.8 Å². The van der Waals surface area contributed by atoms with Gasteiger partial charge in [0.15, 0.2) is 8.07 Å². The molecule has 0 saturated heterocycles. The molecule has 1 heteroatoms. The van der Waals surface area contributed by atoms with Gasteiger partial charge in [-0.25, -0.2) is 0 Å². The van der Waals surface area contributed by atoms with Gasteiger partial charge in [-0.2, -0.15) is 0 Å². The number of aryl methyl sites for hydroxylation is 2. The van der Waals surface area contributed by atoms with Crippen molar-refractivity contribution in [1.82, 2.24) is 0 Å². The van der Waals surface area contributed by atoms with Gasteiger partial charge < -0.3 is 0 Å². The van der Waals surface area contributed by atoms with Crippen LogP contribution in [0, 0.1) is 13.8 Å². The van der Waals surface area contributed by atoms with E-state index in [-0.39, 0.29) is 0 Å². The van der Waals surface area contributed by atoms with Gasteiger partial charge in [0.05, 0.1) is 0 Å². The van der Waals surface area contributed by atoms with Crippen molar-refractivity contribution in [3.05, 3.63) is 120 Å². The number of benzene rings is 4. The fourth-order valence-electron chi connectivity index (χ4n) is 4.17. The van der Waals surface area contributed by atoms with E-state index in [4.69, 9.17) is 0 Å². The van der Waals surface area contributed by atoms with E-state index in [1.54, 1.807) is 0 Å². The van der Waals surface area contributed by atoms with Gasteiger partial charge in [-0.3, -0.25) is 0 Å². The third kappa shape index (κ3) is 3.05. The molecule has 0 spiro atoms. The zero-order valence-corrected chi connectivity index (χ0v) is 16.9. The molecule has 132 valence electrons. The van der Waals surface area contributed by atoms with Crippen molar-refractivity contribution in [3.63, 3.8) is 0 Å². The van der Waals surface area contributed by atoms with E-state index in [0.717, 1.165) is 0 Å². The number of rotatable bonds is 4. The molecule has 27 heavy (non-hydrogen) atoms. The van der Waals surface area contributed by atoms with Gasteiger partial charge in [0.1, 0.15) is 0 Å². The van der Waals surface area contributed by atoms with Crippen molar-refractivity contribution < 1.29 is 0 Å². The second-order valence-electron chi connectivity index (χ2n) is 7.17. The summed E-state index contributed by atoms with van der Waals surface area (Å²) >= 11 is 0. The summed E-state index contributed by atoms with van der Waals surface area (Å²) in [5, 5.41) is 5.76. The van der Waals surface area contributed by atoms with E-state index < -0.39 is 8.07 Å². The molecule has 0 atom stereocenters. The fourth-order valence-corrected chi connectivity index (χ4v) is 9.30. The lowest BCUT2D eigenvalue weighted by Crippen LogP contribution is -2.75. The SMILES string of the molecule is Cc1ccc(C)c([Si](c2ccccc2)(c2ccccc2)c2ccccc2)c1. The minimum Gasteiger partial charge on any atom is -0.0623 e. The maximum absolute atomic E-state index is 2.41. The van der Waals surface area contributed by atoms with Crippen molar-refractivity contribution in [3.8, 4) is 0 Å². The monoisotopic (exact) mass is 364 g/mol. The second kappa shape index (κ2) is 7.38. The normalized spacial score (nSPS) is 11.3. The maximum atomic E-state index is 2.41. The smallest absolute Gasteiger partial charge is 0.0623 e. The molecule has 0 aromatic heterocycles. The Morgan fingerprint density at radius 2 is 0.889 bits per heavy atom. The summed E-state index contributed by atoms with van der Waals surface area (Å²) in [4.78, 5) is 0. The minimum absolute atomic E-state index is 1.32. The van der Waals surface area contributed by atoms with Crippen LogP contribution in [-0.4, -0.2) is 8.07 Å². The van der Waals surface area contributed by atoms with Crippen molar-refractivity contribution in [1.29, 1.82) is 0 Å². The summed E-state index contributed by atoms with van der Waals surface area (Å²) in [6, 6.07) is 40.2. The lowest BCUT2D eigenvalue weighted by atomic mass is 10.2. The maximum Gasteiger partial charge on any atom is 0.179 e. The molecule has 0 nitrogen and oxygen atoms in total. The van der Waals surface area contributed by atoms with E-state index in [9.17, 15) is 0 Å².